The summed E-state index contributed by atoms with van der Waals surface area (Å²) in [5.74, 6) is 0.646. The number of carbonyl (C=O) groups excluding carboxylic acids is 1. The van der Waals surface area contributed by atoms with E-state index >= 15 is 0 Å². The van der Waals surface area contributed by atoms with Crippen LogP contribution in [0.5, 0.6) is 0 Å². The number of nitrogens with zero attached hydrogens (tertiary/aromatic N) is 2. The van der Waals surface area contributed by atoms with Crippen LogP contribution in [0.3, 0.4) is 0 Å². The number of carbonyl (C=O) groups is 1. The second-order valence-corrected chi connectivity index (χ2v) is 7.33. The van der Waals surface area contributed by atoms with Crippen LogP contribution in [-0.4, -0.2) is 32.0 Å². The van der Waals surface area contributed by atoms with Gasteiger partial charge in [-0.3, -0.25) is 4.79 Å². The molecule has 0 aromatic heterocycles. The minimum atomic E-state index is -0.0846. The smallest absolute Gasteiger partial charge is 0.240 e. The van der Waals surface area contributed by atoms with Gasteiger partial charge < -0.3 is 4.90 Å². The number of hydrogen-bond donors (Lipinski definition) is 1. The first-order valence-corrected chi connectivity index (χ1v) is 9.31. The van der Waals surface area contributed by atoms with Crippen molar-refractivity contribution >= 4 is 45.5 Å². The van der Waals surface area contributed by atoms with E-state index < -0.39 is 0 Å². The molecule has 0 spiro atoms. The average molecular weight is 406 g/mol. The zero-order chi connectivity index (χ0) is 17.4. The van der Waals surface area contributed by atoms with Crippen molar-refractivity contribution in [2.24, 2.45) is 5.10 Å². The van der Waals surface area contributed by atoms with Gasteiger partial charge in [0.2, 0.25) is 5.91 Å². The SMILES string of the molecule is CN(C)c1ccc(/C=N\NC(=O)CCSc2ccccc2)cc1Br. The highest BCUT2D eigenvalue weighted by Crippen LogP contribution is 2.25. The van der Waals surface area contributed by atoms with Crippen LogP contribution in [0, 0.1) is 0 Å². The molecule has 0 aliphatic rings. The van der Waals surface area contributed by atoms with Crippen molar-refractivity contribution in [3.05, 3.63) is 58.6 Å². The van der Waals surface area contributed by atoms with Crippen LogP contribution in [-0.2, 0) is 4.79 Å². The summed E-state index contributed by atoms with van der Waals surface area (Å²) in [4.78, 5) is 15.0. The summed E-state index contributed by atoms with van der Waals surface area (Å²) in [6.45, 7) is 0. The van der Waals surface area contributed by atoms with Gasteiger partial charge in [0.05, 0.1) is 11.9 Å². The molecule has 0 aliphatic carbocycles. The molecule has 0 saturated heterocycles. The van der Waals surface area contributed by atoms with Crippen molar-refractivity contribution in [2.45, 2.75) is 11.3 Å². The van der Waals surface area contributed by atoms with Gasteiger partial charge in [-0.25, -0.2) is 5.43 Å². The maximum absolute atomic E-state index is 11.8. The summed E-state index contributed by atoms with van der Waals surface area (Å²) in [5.41, 5.74) is 4.58. The lowest BCUT2D eigenvalue weighted by Gasteiger charge is -2.14. The number of hydrazone groups is 1. The third-order valence-electron chi connectivity index (χ3n) is 3.20. The quantitative estimate of drug-likeness (QED) is 0.427. The third kappa shape index (κ3) is 6.02. The molecule has 0 atom stereocenters. The predicted molar refractivity (Wildman–Crippen MR) is 106 cm³/mol. The van der Waals surface area contributed by atoms with Crippen molar-refractivity contribution in [1.29, 1.82) is 0 Å². The van der Waals surface area contributed by atoms with Crippen molar-refractivity contribution in [3.8, 4) is 0 Å². The topological polar surface area (TPSA) is 44.7 Å². The molecule has 24 heavy (non-hydrogen) atoms. The second kappa shape index (κ2) is 9.49. The molecule has 4 nitrogen and oxygen atoms in total. The molecule has 2 aromatic rings. The number of amides is 1. The molecule has 1 N–H and O–H groups in total. The highest BCUT2D eigenvalue weighted by atomic mass is 79.9. The molecular formula is C18H20BrN3OS. The molecule has 0 heterocycles. The van der Waals surface area contributed by atoms with Crippen molar-refractivity contribution in [1.82, 2.24) is 5.43 Å². The number of benzene rings is 2. The fraction of sp³-hybridized carbons (Fsp3) is 0.222. The molecule has 1 amide bonds. The number of halogens is 1. The molecule has 0 unspecified atom stereocenters. The normalized spacial score (nSPS) is 10.8. The Morgan fingerprint density at radius 2 is 2.00 bits per heavy atom. The molecule has 2 rings (SSSR count). The van der Waals surface area contributed by atoms with E-state index in [9.17, 15) is 4.79 Å². The van der Waals surface area contributed by atoms with E-state index in [-0.39, 0.29) is 5.91 Å². The van der Waals surface area contributed by atoms with Crippen molar-refractivity contribution < 1.29 is 4.79 Å². The van der Waals surface area contributed by atoms with E-state index in [1.54, 1.807) is 18.0 Å². The Morgan fingerprint density at radius 3 is 2.67 bits per heavy atom. The van der Waals surface area contributed by atoms with E-state index in [0.717, 1.165) is 21.5 Å². The highest BCUT2D eigenvalue weighted by molar-refractivity contribution is 9.10. The molecular weight excluding hydrogens is 386 g/mol. The molecule has 6 heteroatoms. The summed E-state index contributed by atoms with van der Waals surface area (Å²) >= 11 is 5.19. The Balaban J connectivity index is 1.77. The molecule has 126 valence electrons. The molecule has 0 fully saturated rings. The lowest BCUT2D eigenvalue weighted by atomic mass is 10.2. The van der Waals surface area contributed by atoms with Gasteiger partial charge >= 0.3 is 0 Å². The number of thioether (sulfide) groups is 1. The van der Waals surface area contributed by atoms with Crippen LogP contribution in [0.4, 0.5) is 5.69 Å². The van der Waals surface area contributed by atoms with Crippen LogP contribution in [0.1, 0.15) is 12.0 Å². The van der Waals surface area contributed by atoms with E-state index in [0.29, 0.717) is 6.42 Å². The first-order chi connectivity index (χ1) is 11.6. The van der Waals surface area contributed by atoms with Crippen LogP contribution >= 0.6 is 27.7 Å². The van der Waals surface area contributed by atoms with Gasteiger partial charge in [0, 0.05) is 35.6 Å². The first kappa shape index (κ1) is 18.5. The minimum Gasteiger partial charge on any atom is -0.377 e. The fourth-order valence-electron chi connectivity index (χ4n) is 1.98. The van der Waals surface area contributed by atoms with Gasteiger partial charge in [-0.2, -0.15) is 5.10 Å². The van der Waals surface area contributed by atoms with E-state index in [1.165, 1.54) is 4.90 Å². The number of hydrogen-bond acceptors (Lipinski definition) is 4. The maximum atomic E-state index is 11.8. The van der Waals surface area contributed by atoms with Crippen LogP contribution in [0.2, 0.25) is 0 Å². The third-order valence-corrected chi connectivity index (χ3v) is 4.85. The predicted octanol–water partition coefficient (Wildman–Crippen LogP) is 4.15. The highest BCUT2D eigenvalue weighted by Gasteiger charge is 2.03. The Bertz CT molecular complexity index is 705. The Kier molecular flexibility index (Phi) is 7.34. The van der Waals surface area contributed by atoms with Gasteiger partial charge in [-0.1, -0.05) is 24.3 Å². The van der Waals surface area contributed by atoms with Crippen molar-refractivity contribution in [3.63, 3.8) is 0 Å². The largest absolute Gasteiger partial charge is 0.377 e. The Morgan fingerprint density at radius 1 is 1.25 bits per heavy atom. The lowest BCUT2D eigenvalue weighted by molar-refractivity contribution is -0.120. The second-order valence-electron chi connectivity index (χ2n) is 5.31. The monoisotopic (exact) mass is 405 g/mol. The van der Waals surface area contributed by atoms with Gasteiger partial charge in [0.1, 0.15) is 0 Å². The standard InChI is InChI=1S/C18H20BrN3OS/c1-22(2)17-9-8-14(12-16(17)19)13-20-21-18(23)10-11-24-15-6-4-3-5-7-15/h3-9,12-13H,10-11H2,1-2H3,(H,21,23)/b20-13-. The Labute approximate surface area is 155 Å². The van der Waals surface area contributed by atoms with Gasteiger partial charge in [-0.15, -0.1) is 11.8 Å². The zero-order valence-corrected chi connectivity index (χ0v) is 16.1. The Hall–Kier alpha value is -1.79. The van der Waals surface area contributed by atoms with Gasteiger partial charge in [0.25, 0.3) is 0 Å². The number of anilines is 1. The summed E-state index contributed by atoms with van der Waals surface area (Å²) in [6, 6.07) is 16.0. The van der Waals surface area contributed by atoms with E-state index in [4.69, 9.17) is 0 Å². The molecule has 0 bridgehead atoms. The first-order valence-electron chi connectivity index (χ1n) is 7.53. The average Bonchev–Trinajstić information content (AvgIpc) is 2.55. The van der Waals surface area contributed by atoms with Gasteiger partial charge in [0.15, 0.2) is 0 Å². The summed E-state index contributed by atoms with van der Waals surface area (Å²) < 4.78 is 0.988. The molecule has 0 radical (unpaired) electrons. The zero-order valence-electron chi connectivity index (χ0n) is 13.7. The van der Waals surface area contributed by atoms with E-state index in [1.807, 2.05) is 67.5 Å². The number of rotatable bonds is 7. The summed E-state index contributed by atoms with van der Waals surface area (Å²) in [6.07, 6.45) is 2.08. The summed E-state index contributed by atoms with van der Waals surface area (Å²) in [7, 11) is 3.98. The molecule has 2 aromatic carbocycles. The molecule has 0 saturated carbocycles. The van der Waals surface area contributed by atoms with Crippen LogP contribution in [0.25, 0.3) is 0 Å². The lowest BCUT2D eigenvalue weighted by Crippen LogP contribution is -2.17. The summed E-state index contributed by atoms with van der Waals surface area (Å²) in [5, 5.41) is 4.01. The van der Waals surface area contributed by atoms with Crippen LogP contribution in [0.15, 0.2) is 63.0 Å². The van der Waals surface area contributed by atoms with Crippen molar-refractivity contribution in [2.75, 3.05) is 24.7 Å². The fourth-order valence-corrected chi connectivity index (χ4v) is 3.60. The maximum Gasteiger partial charge on any atom is 0.240 e. The minimum absolute atomic E-state index is 0.0846. The molecule has 0 aliphatic heterocycles. The van der Waals surface area contributed by atoms with Gasteiger partial charge in [-0.05, 0) is 45.8 Å². The van der Waals surface area contributed by atoms with Crippen LogP contribution < -0.4 is 10.3 Å². The van der Waals surface area contributed by atoms with E-state index in [2.05, 4.69) is 26.5 Å². The number of nitrogens with one attached hydrogen (secondary N) is 1.